The van der Waals surface area contributed by atoms with E-state index in [1.54, 1.807) is 41.8 Å². The molecule has 2 aliphatic rings. The summed E-state index contributed by atoms with van der Waals surface area (Å²) >= 11 is 5.87. The molecule has 0 radical (unpaired) electrons. The molecule has 1 unspecified atom stereocenters. The zero-order valence-corrected chi connectivity index (χ0v) is 15.7. The average molecular weight is 388 g/mol. The van der Waals surface area contributed by atoms with E-state index in [-0.39, 0.29) is 11.3 Å². The number of carbonyl (C=O) groups excluding carboxylic acids is 1. The molecule has 1 atom stereocenters. The summed E-state index contributed by atoms with van der Waals surface area (Å²) in [7, 11) is 0. The second-order valence-electron chi connectivity index (χ2n) is 7.47. The molecule has 0 saturated carbocycles. The third-order valence-corrected chi connectivity index (χ3v) is 5.73. The molecule has 8 heteroatoms. The minimum atomic E-state index is -0.502. The molecule has 0 aliphatic carbocycles. The van der Waals surface area contributed by atoms with E-state index >= 15 is 0 Å². The third-order valence-electron chi connectivity index (χ3n) is 5.54. The fourth-order valence-corrected chi connectivity index (χ4v) is 4.29. The van der Waals surface area contributed by atoms with Crippen molar-refractivity contribution in [3.8, 4) is 0 Å². The summed E-state index contributed by atoms with van der Waals surface area (Å²) in [6, 6.07) is 3.53. The monoisotopic (exact) mass is 387 g/mol. The van der Waals surface area contributed by atoms with Gasteiger partial charge >= 0.3 is 0 Å². The van der Waals surface area contributed by atoms with Crippen molar-refractivity contribution >= 4 is 23.5 Å². The highest BCUT2D eigenvalue weighted by Gasteiger charge is 2.43. The number of rotatable bonds is 2. The average Bonchev–Trinajstić information content (AvgIpc) is 2.69. The number of likely N-dealkylation sites (tertiary alicyclic amines) is 1. The van der Waals surface area contributed by atoms with Crippen LogP contribution in [0.1, 0.15) is 29.6 Å². The molecule has 4 rings (SSSR count). The van der Waals surface area contributed by atoms with Crippen molar-refractivity contribution < 1.29 is 9.90 Å². The summed E-state index contributed by atoms with van der Waals surface area (Å²) in [5.74, 6) is 0.610. The summed E-state index contributed by atoms with van der Waals surface area (Å²) in [5.41, 5.74) is 0.493. The molecule has 2 fully saturated rings. The molecule has 1 spiro atoms. The highest BCUT2D eigenvalue weighted by atomic mass is 35.5. The summed E-state index contributed by atoms with van der Waals surface area (Å²) < 4.78 is 0. The molecule has 4 heterocycles. The topological polar surface area (TPSA) is 82.5 Å². The molecule has 1 N–H and O–H groups in total. The Morgan fingerprint density at radius 1 is 1.22 bits per heavy atom. The van der Waals surface area contributed by atoms with E-state index in [1.807, 2.05) is 0 Å². The number of aromatic nitrogens is 3. The van der Waals surface area contributed by atoms with Crippen LogP contribution in [-0.2, 0) is 0 Å². The lowest BCUT2D eigenvalue weighted by Crippen LogP contribution is -2.55. The molecule has 2 aromatic heterocycles. The molecule has 142 valence electrons. The predicted molar refractivity (Wildman–Crippen MR) is 102 cm³/mol. The Balaban J connectivity index is 1.45. The zero-order chi connectivity index (χ0) is 18.9. The summed E-state index contributed by atoms with van der Waals surface area (Å²) in [6.07, 6.45) is 8.42. The number of nitrogens with zero attached hydrogens (tertiary/aromatic N) is 5. The zero-order valence-electron chi connectivity index (χ0n) is 15.0. The summed E-state index contributed by atoms with van der Waals surface area (Å²) in [5, 5.41) is 11.0. The molecule has 2 aromatic rings. The van der Waals surface area contributed by atoms with Crippen LogP contribution in [0, 0.1) is 5.41 Å². The first kappa shape index (κ1) is 18.1. The number of hydrogen-bond acceptors (Lipinski definition) is 6. The van der Waals surface area contributed by atoms with E-state index in [9.17, 15) is 9.90 Å². The van der Waals surface area contributed by atoms with Gasteiger partial charge in [-0.25, -0.2) is 9.97 Å². The van der Waals surface area contributed by atoms with Gasteiger partial charge in [-0.2, -0.15) is 0 Å². The first-order valence-electron chi connectivity index (χ1n) is 9.15. The fourth-order valence-electron chi connectivity index (χ4n) is 4.19. The summed E-state index contributed by atoms with van der Waals surface area (Å²) in [6.45, 7) is 2.62. The molecular formula is C19H22ClN5O2. The van der Waals surface area contributed by atoms with Crippen LogP contribution in [0.2, 0.25) is 5.02 Å². The van der Waals surface area contributed by atoms with Crippen LogP contribution in [0.25, 0.3) is 0 Å². The number of piperidine rings is 2. The van der Waals surface area contributed by atoms with Crippen molar-refractivity contribution in [1.82, 2.24) is 19.9 Å². The van der Waals surface area contributed by atoms with E-state index in [0.717, 1.165) is 32.4 Å². The number of amides is 1. The smallest absolute Gasteiger partial charge is 0.255 e. The molecule has 0 aromatic carbocycles. The highest BCUT2D eigenvalue weighted by molar-refractivity contribution is 6.30. The van der Waals surface area contributed by atoms with Crippen LogP contribution in [-0.4, -0.2) is 63.1 Å². The minimum absolute atomic E-state index is 0.0651. The van der Waals surface area contributed by atoms with E-state index in [0.29, 0.717) is 29.6 Å². The van der Waals surface area contributed by atoms with Gasteiger partial charge in [-0.3, -0.25) is 9.78 Å². The van der Waals surface area contributed by atoms with Gasteiger partial charge in [-0.05, 0) is 36.8 Å². The van der Waals surface area contributed by atoms with Crippen molar-refractivity contribution in [1.29, 1.82) is 0 Å². The number of hydrogen-bond donors (Lipinski definition) is 1. The SMILES string of the molecule is O=C(c1cccnc1)N1CC(O)CC2(CCN(c3ncc(Cl)cn3)CC2)C1. The van der Waals surface area contributed by atoms with E-state index in [2.05, 4.69) is 19.9 Å². The van der Waals surface area contributed by atoms with Gasteiger partial charge in [-0.1, -0.05) is 11.6 Å². The lowest BCUT2D eigenvalue weighted by atomic mass is 9.71. The van der Waals surface area contributed by atoms with Gasteiger partial charge in [0, 0.05) is 38.6 Å². The third kappa shape index (κ3) is 3.89. The number of aliphatic hydroxyl groups is 1. The molecule has 2 aliphatic heterocycles. The second kappa shape index (κ2) is 7.40. The van der Waals surface area contributed by atoms with E-state index < -0.39 is 6.10 Å². The first-order valence-corrected chi connectivity index (χ1v) is 9.52. The van der Waals surface area contributed by atoms with Crippen molar-refractivity contribution in [2.75, 3.05) is 31.1 Å². The standard InChI is InChI=1S/C19H22ClN5O2/c20-15-10-22-18(23-11-15)24-6-3-19(4-7-24)8-16(26)12-25(13-19)17(27)14-2-1-5-21-9-14/h1-2,5,9-11,16,26H,3-4,6-8,12-13H2. The number of aliphatic hydroxyl groups excluding tert-OH is 1. The van der Waals surface area contributed by atoms with Crippen LogP contribution in [0.4, 0.5) is 5.95 Å². The van der Waals surface area contributed by atoms with Crippen LogP contribution in [0.5, 0.6) is 0 Å². The van der Waals surface area contributed by atoms with Gasteiger partial charge in [0.15, 0.2) is 0 Å². The molecule has 7 nitrogen and oxygen atoms in total. The number of anilines is 1. The quantitative estimate of drug-likeness (QED) is 0.848. The fraction of sp³-hybridized carbons (Fsp3) is 0.474. The Hall–Kier alpha value is -2.25. The maximum atomic E-state index is 12.8. The number of β-amino-alcohol motifs (C(OH)–C–C–N with tert-alkyl or cyclic N) is 1. The number of halogens is 1. The van der Waals surface area contributed by atoms with Gasteiger partial charge in [0.25, 0.3) is 5.91 Å². The summed E-state index contributed by atoms with van der Waals surface area (Å²) in [4.78, 5) is 29.4. The lowest BCUT2D eigenvalue weighted by Gasteiger charge is -2.49. The molecule has 0 bridgehead atoms. The Morgan fingerprint density at radius 3 is 2.63 bits per heavy atom. The molecular weight excluding hydrogens is 366 g/mol. The predicted octanol–water partition coefficient (Wildman–Crippen LogP) is 2.02. The number of carbonyl (C=O) groups is 1. The van der Waals surface area contributed by atoms with Crippen LogP contribution >= 0.6 is 11.6 Å². The molecule has 1 amide bonds. The highest BCUT2D eigenvalue weighted by Crippen LogP contribution is 2.40. The van der Waals surface area contributed by atoms with Gasteiger partial charge in [-0.15, -0.1) is 0 Å². The maximum Gasteiger partial charge on any atom is 0.255 e. The van der Waals surface area contributed by atoms with Gasteiger partial charge in [0.05, 0.1) is 29.1 Å². The lowest BCUT2D eigenvalue weighted by molar-refractivity contribution is -0.0151. The Labute approximate surface area is 163 Å². The van der Waals surface area contributed by atoms with E-state index in [4.69, 9.17) is 11.6 Å². The molecule has 2 saturated heterocycles. The van der Waals surface area contributed by atoms with Crippen molar-refractivity contribution in [2.45, 2.75) is 25.4 Å². The molecule has 27 heavy (non-hydrogen) atoms. The first-order chi connectivity index (χ1) is 13.0. The van der Waals surface area contributed by atoms with Gasteiger partial charge in [0.2, 0.25) is 5.95 Å². The Morgan fingerprint density at radius 2 is 1.96 bits per heavy atom. The van der Waals surface area contributed by atoms with Gasteiger partial charge < -0.3 is 14.9 Å². The van der Waals surface area contributed by atoms with Crippen LogP contribution in [0.3, 0.4) is 0 Å². The Kier molecular flexibility index (Phi) is 4.97. The minimum Gasteiger partial charge on any atom is -0.391 e. The Bertz CT molecular complexity index is 794. The van der Waals surface area contributed by atoms with Crippen LogP contribution in [0.15, 0.2) is 36.9 Å². The normalized spacial score (nSPS) is 22.1. The van der Waals surface area contributed by atoms with Crippen molar-refractivity contribution in [3.63, 3.8) is 0 Å². The number of pyridine rings is 1. The van der Waals surface area contributed by atoms with Crippen molar-refractivity contribution in [3.05, 3.63) is 47.5 Å². The second-order valence-corrected chi connectivity index (χ2v) is 7.91. The largest absolute Gasteiger partial charge is 0.391 e. The maximum absolute atomic E-state index is 12.8. The van der Waals surface area contributed by atoms with Crippen LogP contribution < -0.4 is 4.90 Å². The van der Waals surface area contributed by atoms with Gasteiger partial charge in [0.1, 0.15) is 0 Å². The van der Waals surface area contributed by atoms with E-state index in [1.165, 1.54) is 0 Å². The van der Waals surface area contributed by atoms with Crippen molar-refractivity contribution in [2.24, 2.45) is 5.41 Å².